The summed E-state index contributed by atoms with van der Waals surface area (Å²) in [6.07, 6.45) is 3.51. The number of ether oxygens (including phenoxy) is 3. The molecule has 3 heterocycles. The summed E-state index contributed by atoms with van der Waals surface area (Å²) in [7, 11) is 0. The van der Waals surface area contributed by atoms with Crippen LogP contribution in [0, 0.1) is 5.41 Å². The largest absolute Gasteiger partial charge is 0.454 e. The second kappa shape index (κ2) is 11.7. The van der Waals surface area contributed by atoms with Crippen LogP contribution in [-0.2, 0) is 14.3 Å². The van der Waals surface area contributed by atoms with Crippen LogP contribution in [0.2, 0.25) is 0 Å². The van der Waals surface area contributed by atoms with Crippen LogP contribution in [-0.4, -0.2) is 67.8 Å². The molecule has 2 saturated heterocycles. The van der Waals surface area contributed by atoms with Crippen LogP contribution in [0.15, 0.2) is 42.5 Å². The van der Waals surface area contributed by atoms with Crippen molar-refractivity contribution in [2.75, 3.05) is 33.1 Å². The lowest BCUT2D eigenvalue weighted by Crippen LogP contribution is -2.55. The van der Waals surface area contributed by atoms with Crippen LogP contribution in [0.5, 0.6) is 11.5 Å². The van der Waals surface area contributed by atoms with E-state index in [1.807, 2.05) is 54.3 Å². The van der Waals surface area contributed by atoms with Crippen LogP contribution < -0.4 is 20.1 Å². The fourth-order valence-electron chi connectivity index (χ4n) is 5.57. The molecule has 0 aromatic heterocycles. The summed E-state index contributed by atoms with van der Waals surface area (Å²) in [6, 6.07) is 12.6. The highest BCUT2D eigenvalue weighted by Crippen LogP contribution is 2.39. The Labute approximate surface area is 229 Å². The summed E-state index contributed by atoms with van der Waals surface area (Å²) >= 11 is 0. The number of benzene rings is 2. The van der Waals surface area contributed by atoms with Crippen LogP contribution in [0.4, 0.5) is 0 Å². The molecule has 3 amide bonds. The normalized spacial score (nSPS) is 23.7. The second-order valence-corrected chi connectivity index (χ2v) is 10.9. The predicted octanol–water partition coefficient (Wildman–Crippen LogP) is 3.51. The van der Waals surface area contributed by atoms with Gasteiger partial charge in [0.05, 0.1) is 12.0 Å². The van der Waals surface area contributed by atoms with Crippen molar-refractivity contribution in [2.24, 2.45) is 5.41 Å². The number of hydrogen-bond acceptors (Lipinski definition) is 6. The van der Waals surface area contributed by atoms with Crippen molar-refractivity contribution in [1.29, 1.82) is 0 Å². The second-order valence-electron chi connectivity index (χ2n) is 10.9. The zero-order valence-corrected chi connectivity index (χ0v) is 22.7. The predicted molar refractivity (Wildman–Crippen MR) is 145 cm³/mol. The number of piperidine rings is 1. The van der Waals surface area contributed by atoms with E-state index >= 15 is 0 Å². The molecule has 0 saturated carbocycles. The number of nitrogens with zero attached hydrogens (tertiary/aromatic N) is 1. The SMILES string of the molecule is C[C@@H]1NC(=O)C2(CCCCOC[C@H](C)NC1=O)CCN(C(=O)c1cccc(-c3ccc4c(c3)OCO4)c1)CC2. The molecule has 2 aromatic carbocycles. The van der Waals surface area contributed by atoms with E-state index in [1.54, 1.807) is 6.92 Å². The Bertz CT molecular complexity index is 1220. The van der Waals surface area contributed by atoms with Crippen molar-refractivity contribution in [1.82, 2.24) is 15.5 Å². The van der Waals surface area contributed by atoms with Gasteiger partial charge in [-0.2, -0.15) is 0 Å². The Morgan fingerprint density at radius 1 is 0.923 bits per heavy atom. The van der Waals surface area contributed by atoms with E-state index in [9.17, 15) is 14.4 Å². The average molecular weight is 536 g/mol. The van der Waals surface area contributed by atoms with Gasteiger partial charge in [0.1, 0.15) is 6.04 Å². The minimum Gasteiger partial charge on any atom is -0.454 e. The van der Waals surface area contributed by atoms with Gasteiger partial charge in [0.25, 0.3) is 5.91 Å². The molecule has 9 heteroatoms. The Morgan fingerprint density at radius 2 is 1.69 bits per heavy atom. The Balaban J connectivity index is 1.27. The molecular weight excluding hydrogens is 498 g/mol. The number of nitrogens with one attached hydrogen (secondary N) is 2. The zero-order valence-electron chi connectivity index (χ0n) is 22.7. The average Bonchev–Trinajstić information content (AvgIpc) is 3.42. The first kappa shape index (κ1) is 27.0. The third-order valence-corrected chi connectivity index (χ3v) is 8.00. The van der Waals surface area contributed by atoms with Gasteiger partial charge < -0.3 is 29.7 Å². The van der Waals surface area contributed by atoms with Crippen molar-refractivity contribution in [2.45, 2.75) is 58.0 Å². The number of carbonyl (C=O) groups excluding carboxylic acids is 3. The highest BCUT2D eigenvalue weighted by Gasteiger charge is 2.42. The van der Waals surface area contributed by atoms with Gasteiger partial charge in [0.15, 0.2) is 11.5 Å². The third kappa shape index (κ3) is 6.03. The lowest BCUT2D eigenvalue weighted by Gasteiger charge is -2.41. The molecule has 0 unspecified atom stereocenters. The molecule has 39 heavy (non-hydrogen) atoms. The molecule has 208 valence electrons. The van der Waals surface area contributed by atoms with Crippen LogP contribution in [0.1, 0.15) is 56.3 Å². The molecule has 2 aromatic rings. The smallest absolute Gasteiger partial charge is 0.253 e. The van der Waals surface area contributed by atoms with Crippen LogP contribution >= 0.6 is 0 Å². The molecule has 0 bridgehead atoms. The molecule has 2 atom stereocenters. The van der Waals surface area contributed by atoms with E-state index in [4.69, 9.17) is 14.2 Å². The summed E-state index contributed by atoms with van der Waals surface area (Å²) in [5.41, 5.74) is 1.87. The molecule has 3 aliphatic heterocycles. The monoisotopic (exact) mass is 535 g/mol. The Kier molecular flexibility index (Phi) is 8.07. The number of hydrogen-bond donors (Lipinski definition) is 2. The molecule has 3 aliphatic rings. The van der Waals surface area contributed by atoms with E-state index in [-0.39, 0.29) is 30.6 Å². The maximum absolute atomic E-state index is 13.5. The molecule has 2 N–H and O–H groups in total. The highest BCUT2D eigenvalue weighted by atomic mass is 16.7. The highest BCUT2D eigenvalue weighted by molar-refractivity contribution is 5.96. The number of likely N-dealkylation sites (tertiary alicyclic amines) is 1. The van der Waals surface area contributed by atoms with Gasteiger partial charge in [-0.3, -0.25) is 14.4 Å². The van der Waals surface area contributed by atoms with Crippen LogP contribution in [0.25, 0.3) is 11.1 Å². The third-order valence-electron chi connectivity index (χ3n) is 8.00. The Morgan fingerprint density at radius 3 is 2.51 bits per heavy atom. The van der Waals surface area contributed by atoms with E-state index in [0.717, 1.165) is 29.7 Å². The van der Waals surface area contributed by atoms with Gasteiger partial charge >= 0.3 is 0 Å². The number of rotatable bonds is 2. The topological polar surface area (TPSA) is 106 Å². The molecule has 5 rings (SSSR count). The van der Waals surface area contributed by atoms with Gasteiger partial charge in [-0.05, 0) is 74.9 Å². The summed E-state index contributed by atoms with van der Waals surface area (Å²) in [5.74, 6) is 1.05. The van der Waals surface area contributed by atoms with E-state index in [0.29, 0.717) is 56.9 Å². The summed E-state index contributed by atoms with van der Waals surface area (Å²) in [5, 5.41) is 5.86. The van der Waals surface area contributed by atoms with E-state index in [1.165, 1.54) is 0 Å². The van der Waals surface area contributed by atoms with Gasteiger partial charge in [-0.15, -0.1) is 0 Å². The first-order valence-electron chi connectivity index (χ1n) is 13.8. The standard InChI is InChI=1S/C30H37N3O6/c1-20-18-37-15-4-3-10-30(29(36)32-21(2)27(34)31-20)11-13-33(14-12-30)28(35)24-7-5-6-22(16-24)23-8-9-25-26(17-23)39-19-38-25/h5-9,16-17,20-21H,3-4,10-15,18-19H2,1-2H3,(H,31,34)(H,32,36)/t20-,21-/m0/s1. The molecule has 0 radical (unpaired) electrons. The van der Waals surface area contributed by atoms with E-state index in [2.05, 4.69) is 10.6 Å². The molecule has 1 spiro atoms. The van der Waals surface area contributed by atoms with Gasteiger partial charge in [0, 0.05) is 31.3 Å². The number of amides is 3. The lowest BCUT2D eigenvalue weighted by atomic mass is 9.73. The fourth-order valence-corrected chi connectivity index (χ4v) is 5.57. The molecular formula is C30H37N3O6. The quantitative estimate of drug-likeness (QED) is 0.610. The van der Waals surface area contributed by atoms with Crippen molar-refractivity contribution in [3.05, 3.63) is 48.0 Å². The minimum atomic E-state index is -0.642. The molecule has 2 fully saturated rings. The van der Waals surface area contributed by atoms with Gasteiger partial charge in [0.2, 0.25) is 18.6 Å². The minimum absolute atomic E-state index is 0.0485. The van der Waals surface area contributed by atoms with Gasteiger partial charge in [-0.1, -0.05) is 24.6 Å². The summed E-state index contributed by atoms with van der Waals surface area (Å²) in [6.45, 7) is 5.82. The summed E-state index contributed by atoms with van der Waals surface area (Å²) in [4.78, 5) is 41.4. The maximum Gasteiger partial charge on any atom is 0.253 e. The van der Waals surface area contributed by atoms with Crippen molar-refractivity contribution >= 4 is 17.7 Å². The number of fused-ring (bicyclic) bond motifs is 1. The fraction of sp³-hybridized carbons (Fsp3) is 0.500. The zero-order chi connectivity index (χ0) is 27.4. The van der Waals surface area contributed by atoms with Crippen molar-refractivity contribution in [3.63, 3.8) is 0 Å². The Hall–Kier alpha value is -3.59. The van der Waals surface area contributed by atoms with Crippen LogP contribution in [0.3, 0.4) is 0 Å². The molecule has 0 aliphatic carbocycles. The van der Waals surface area contributed by atoms with Gasteiger partial charge in [-0.25, -0.2) is 0 Å². The van der Waals surface area contributed by atoms with Crippen molar-refractivity contribution < 1.29 is 28.6 Å². The summed E-state index contributed by atoms with van der Waals surface area (Å²) < 4.78 is 16.6. The lowest BCUT2D eigenvalue weighted by molar-refractivity contribution is -0.137. The molecule has 9 nitrogen and oxygen atoms in total. The van der Waals surface area contributed by atoms with Crippen molar-refractivity contribution in [3.8, 4) is 22.6 Å². The first-order chi connectivity index (χ1) is 18.8. The number of carbonyl (C=O) groups is 3. The maximum atomic E-state index is 13.5. The van der Waals surface area contributed by atoms with E-state index < -0.39 is 11.5 Å². The first-order valence-corrected chi connectivity index (χ1v) is 13.8.